The molecule has 43 heavy (non-hydrogen) atoms. The maximum Gasteiger partial charge on any atom is 0.273 e. The monoisotopic (exact) mass is 694 g/mol. The SMILES string of the molecule is CCCNC(=O)[C@H](C)N(Cc1cccc(Br)c1)C(=O)CN(c1cc(Cl)ccc1OC)S(=O)(=O)c1ccc(C)c([N+](=O)[O-])c1. The van der Waals surface area contributed by atoms with Gasteiger partial charge in [0.05, 0.1) is 22.6 Å². The lowest BCUT2D eigenvalue weighted by molar-refractivity contribution is -0.385. The average Bonchev–Trinajstić information content (AvgIpc) is 2.96. The Morgan fingerprint density at radius 3 is 2.49 bits per heavy atom. The number of hydrogen-bond acceptors (Lipinski definition) is 7. The summed E-state index contributed by atoms with van der Waals surface area (Å²) in [5.41, 5.74) is 0.501. The first-order valence-corrected chi connectivity index (χ1v) is 15.8. The third-order valence-electron chi connectivity index (χ3n) is 6.61. The number of amides is 2. The van der Waals surface area contributed by atoms with Crippen molar-refractivity contribution in [2.24, 2.45) is 0 Å². The molecular weight excluding hydrogens is 664 g/mol. The van der Waals surface area contributed by atoms with E-state index in [2.05, 4.69) is 21.2 Å². The fourth-order valence-electron chi connectivity index (χ4n) is 4.26. The van der Waals surface area contributed by atoms with Gasteiger partial charge in [0.2, 0.25) is 11.8 Å². The highest BCUT2D eigenvalue weighted by atomic mass is 79.9. The minimum absolute atomic E-state index is 0.00441. The number of halogens is 2. The highest BCUT2D eigenvalue weighted by Crippen LogP contribution is 2.36. The average molecular weight is 696 g/mol. The van der Waals surface area contributed by atoms with Gasteiger partial charge in [-0.1, -0.05) is 52.7 Å². The summed E-state index contributed by atoms with van der Waals surface area (Å²) < 4.78 is 35.3. The summed E-state index contributed by atoms with van der Waals surface area (Å²) in [5, 5.41) is 14.6. The lowest BCUT2D eigenvalue weighted by Gasteiger charge is -2.32. The third-order valence-corrected chi connectivity index (χ3v) is 9.10. The van der Waals surface area contributed by atoms with E-state index in [1.54, 1.807) is 25.1 Å². The first-order valence-electron chi connectivity index (χ1n) is 13.2. The fraction of sp³-hybridized carbons (Fsp3) is 0.310. The van der Waals surface area contributed by atoms with Crippen molar-refractivity contribution in [3.63, 3.8) is 0 Å². The van der Waals surface area contributed by atoms with Gasteiger partial charge in [0.1, 0.15) is 18.3 Å². The molecule has 230 valence electrons. The van der Waals surface area contributed by atoms with Crippen LogP contribution < -0.4 is 14.4 Å². The van der Waals surface area contributed by atoms with E-state index in [-0.39, 0.29) is 28.6 Å². The zero-order chi connectivity index (χ0) is 31.9. The summed E-state index contributed by atoms with van der Waals surface area (Å²) in [4.78, 5) is 38.9. The molecule has 0 unspecified atom stereocenters. The second-order valence-corrected chi connectivity index (χ2v) is 12.9. The van der Waals surface area contributed by atoms with Gasteiger partial charge in [-0.2, -0.15) is 0 Å². The predicted octanol–water partition coefficient (Wildman–Crippen LogP) is 5.47. The van der Waals surface area contributed by atoms with Crippen LogP contribution in [0.3, 0.4) is 0 Å². The normalized spacial score (nSPS) is 11.9. The molecular formula is C29H32BrClN4O7S. The molecule has 3 aromatic carbocycles. The smallest absolute Gasteiger partial charge is 0.273 e. The summed E-state index contributed by atoms with van der Waals surface area (Å²) in [6, 6.07) is 13.9. The van der Waals surface area contributed by atoms with Crippen LogP contribution in [0.15, 0.2) is 70.0 Å². The van der Waals surface area contributed by atoms with Crippen LogP contribution in [0.2, 0.25) is 5.02 Å². The van der Waals surface area contributed by atoms with E-state index in [9.17, 15) is 28.1 Å². The summed E-state index contributed by atoms with van der Waals surface area (Å²) >= 11 is 9.66. The van der Waals surface area contributed by atoms with Crippen LogP contribution in [0.4, 0.5) is 11.4 Å². The molecule has 0 heterocycles. The number of nitro groups is 1. The van der Waals surface area contributed by atoms with Crippen molar-refractivity contribution < 1.29 is 27.7 Å². The molecule has 0 aliphatic rings. The van der Waals surface area contributed by atoms with Gasteiger partial charge in [-0.3, -0.25) is 24.0 Å². The molecule has 1 N–H and O–H groups in total. The number of carbonyl (C=O) groups excluding carboxylic acids is 2. The number of carbonyl (C=O) groups is 2. The standard InChI is InChI=1S/C29H32BrClN4O7S/c1-5-13-32-29(37)20(3)33(17-21-7-6-8-22(30)14-21)28(36)18-34(26-15-23(31)10-12-27(26)42-4)43(40,41)24-11-9-19(2)25(16-24)35(38)39/h6-12,14-16,20H,5,13,17-18H2,1-4H3,(H,32,37)/t20-/m0/s1. The minimum Gasteiger partial charge on any atom is -0.495 e. The van der Waals surface area contributed by atoms with Gasteiger partial charge in [-0.15, -0.1) is 0 Å². The molecule has 0 fully saturated rings. The Hall–Kier alpha value is -3.68. The van der Waals surface area contributed by atoms with Crippen molar-refractivity contribution >= 4 is 60.7 Å². The van der Waals surface area contributed by atoms with Gasteiger partial charge >= 0.3 is 0 Å². The number of ether oxygens (including phenoxy) is 1. The Balaban J connectivity index is 2.15. The lowest BCUT2D eigenvalue weighted by atomic mass is 10.1. The van der Waals surface area contributed by atoms with Crippen molar-refractivity contribution in [3.8, 4) is 5.75 Å². The molecule has 0 saturated heterocycles. The van der Waals surface area contributed by atoms with Crippen molar-refractivity contribution in [1.82, 2.24) is 10.2 Å². The maximum absolute atomic E-state index is 14.2. The van der Waals surface area contributed by atoms with Crippen LogP contribution in [0.5, 0.6) is 5.75 Å². The number of methoxy groups -OCH3 is 1. The van der Waals surface area contributed by atoms with Crippen molar-refractivity contribution in [1.29, 1.82) is 0 Å². The zero-order valence-corrected chi connectivity index (χ0v) is 27.2. The highest BCUT2D eigenvalue weighted by molar-refractivity contribution is 9.10. The molecule has 0 radical (unpaired) electrons. The number of benzene rings is 3. The molecule has 2 amide bonds. The first-order chi connectivity index (χ1) is 20.3. The molecule has 11 nitrogen and oxygen atoms in total. The van der Waals surface area contributed by atoms with E-state index >= 15 is 0 Å². The number of aryl methyl sites for hydroxylation is 1. The first kappa shape index (κ1) is 33.8. The second-order valence-electron chi connectivity index (χ2n) is 9.65. The topological polar surface area (TPSA) is 139 Å². The fourth-order valence-corrected chi connectivity index (χ4v) is 6.31. The van der Waals surface area contributed by atoms with E-state index in [0.29, 0.717) is 18.5 Å². The number of nitro benzene ring substituents is 1. The number of rotatable bonds is 13. The molecule has 3 aromatic rings. The predicted molar refractivity (Wildman–Crippen MR) is 168 cm³/mol. The Morgan fingerprint density at radius 2 is 1.86 bits per heavy atom. The third kappa shape index (κ3) is 8.24. The molecule has 0 bridgehead atoms. The largest absolute Gasteiger partial charge is 0.495 e. The summed E-state index contributed by atoms with van der Waals surface area (Å²) in [7, 11) is -3.28. The molecule has 0 aliphatic carbocycles. The summed E-state index contributed by atoms with van der Waals surface area (Å²) in [6.07, 6.45) is 0.682. The molecule has 0 aliphatic heterocycles. The lowest BCUT2D eigenvalue weighted by Crippen LogP contribution is -2.51. The Morgan fingerprint density at radius 1 is 1.14 bits per heavy atom. The van der Waals surface area contributed by atoms with E-state index in [1.807, 2.05) is 13.0 Å². The molecule has 1 atom stereocenters. The Bertz CT molecular complexity index is 1620. The maximum atomic E-state index is 14.2. The van der Waals surface area contributed by atoms with Crippen LogP contribution in [0, 0.1) is 17.0 Å². The van der Waals surface area contributed by atoms with E-state index in [0.717, 1.165) is 14.8 Å². The van der Waals surface area contributed by atoms with Crippen LogP contribution in [-0.2, 0) is 26.2 Å². The van der Waals surface area contributed by atoms with Crippen molar-refractivity contribution in [2.75, 3.05) is 24.5 Å². The van der Waals surface area contributed by atoms with Gasteiger partial charge in [0.25, 0.3) is 15.7 Å². The van der Waals surface area contributed by atoms with Gasteiger partial charge in [-0.05, 0) is 62.2 Å². The van der Waals surface area contributed by atoms with E-state index in [4.69, 9.17) is 16.3 Å². The number of nitrogens with one attached hydrogen (secondary N) is 1. The van der Waals surface area contributed by atoms with Crippen LogP contribution in [0.1, 0.15) is 31.4 Å². The Labute approximate surface area is 264 Å². The van der Waals surface area contributed by atoms with Gasteiger partial charge in [0.15, 0.2) is 0 Å². The number of sulfonamides is 1. The minimum atomic E-state index is -4.61. The van der Waals surface area contributed by atoms with Gasteiger partial charge < -0.3 is 15.0 Å². The molecule has 0 spiro atoms. The van der Waals surface area contributed by atoms with Gasteiger partial charge in [0, 0.05) is 34.2 Å². The van der Waals surface area contributed by atoms with Crippen LogP contribution in [0.25, 0.3) is 0 Å². The Kier molecular flexibility index (Phi) is 11.5. The van der Waals surface area contributed by atoms with E-state index < -0.39 is 49.9 Å². The summed E-state index contributed by atoms with van der Waals surface area (Å²) in [6.45, 7) is 4.57. The van der Waals surface area contributed by atoms with Crippen LogP contribution >= 0.6 is 27.5 Å². The zero-order valence-electron chi connectivity index (χ0n) is 24.0. The number of nitrogens with zero attached hydrogens (tertiary/aromatic N) is 3. The quantitative estimate of drug-likeness (QED) is 0.185. The van der Waals surface area contributed by atoms with Gasteiger partial charge in [-0.25, -0.2) is 8.42 Å². The molecule has 14 heteroatoms. The van der Waals surface area contributed by atoms with Crippen molar-refractivity contribution in [2.45, 2.75) is 44.7 Å². The number of anilines is 1. The molecule has 3 rings (SSSR count). The van der Waals surface area contributed by atoms with E-state index in [1.165, 1.54) is 49.3 Å². The highest BCUT2D eigenvalue weighted by Gasteiger charge is 2.35. The number of hydrogen-bond donors (Lipinski definition) is 1. The van der Waals surface area contributed by atoms with Crippen molar-refractivity contribution in [3.05, 3.63) is 91.4 Å². The van der Waals surface area contributed by atoms with Crippen LogP contribution in [-0.4, -0.2) is 56.3 Å². The second kappa shape index (κ2) is 14.7. The molecule has 0 aromatic heterocycles. The summed E-state index contributed by atoms with van der Waals surface area (Å²) in [5.74, 6) is -1.02. The molecule has 0 saturated carbocycles.